The minimum absolute atomic E-state index is 0.417. The van der Waals surface area contributed by atoms with Crippen molar-refractivity contribution in [1.82, 2.24) is 15.2 Å². The van der Waals surface area contributed by atoms with Crippen molar-refractivity contribution in [2.75, 3.05) is 31.5 Å². The van der Waals surface area contributed by atoms with Gasteiger partial charge < -0.3 is 15.7 Å². The molecule has 1 saturated heterocycles. The van der Waals surface area contributed by atoms with Gasteiger partial charge in [0.1, 0.15) is 0 Å². The summed E-state index contributed by atoms with van der Waals surface area (Å²) in [4.78, 5) is 8.29. The minimum Gasteiger partial charge on any atom is -0.387 e. The molecule has 1 fully saturated rings. The number of hydrogen-bond acceptors (Lipinski definition) is 6. The lowest BCUT2D eigenvalue weighted by Gasteiger charge is -2.28. The Morgan fingerprint density at radius 3 is 2.96 bits per heavy atom. The van der Waals surface area contributed by atoms with Gasteiger partial charge in [0.2, 0.25) is 0 Å². The Kier molecular flexibility index (Phi) is 5.47. The lowest BCUT2D eigenvalue weighted by Crippen LogP contribution is -2.43. The minimum atomic E-state index is -0.417. The second-order valence-electron chi connectivity index (χ2n) is 7.09. The van der Waals surface area contributed by atoms with Crippen molar-refractivity contribution in [3.05, 3.63) is 38.9 Å². The molecule has 1 aromatic carbocycles. The zero-order chi connectivity index (χ0) is 18.1. The SMILES string of the molecule is Cc1c(Nc2nc3c(s2)CCCC3O)ccc(Cl)c1CN1CCNCC1. The standard InChI is InChI=1S/C19H25ClN4OS/c1-12-13(11-24-9-7-21-8-10-24)14(20)5-6-15(12)22-19-23-18-16(25)3-2-4-17(18)26-19/h5-6,16,21,25H,2-4,7-11H2,1H3,(H,22,23). The monoisotopic (exact) mass is 392 g/mol. The summed E-state index contributed by atoms with van der Waals surface area (Å²) in [6.45, 7) is 7.14. The van der Waals surface area contributed by atoms with Crippen LogP contribution in [0.3, 0.4) is 0 Å². The Bertz CT molecular complexity index is 788. The van der Waals surface area contributed by atoms with Crippen LogP contribution in [0.25, 0.3) is 0 Å². The highest BCUT2D eigenvalue weighted by Crippen LogP contribution is 2.37. The third kappa shape index (κ3) is 3.75. The van der Waals surface area contributed by atoms with Crippen molar-refractivity contribution in [3.63, 3.8) is 0 Å². The summed E-state index contributed by atoms with van der Waals surface area (Å²) in [5, 5.41) is 18.7. The van der Waals surface area contributed by atoms with E-state index in [-0.39, 0.29) is 0 Å². The number of piperazine rings is 1. The molecular formula is C19H25ClN4OS. The van der Waals surface area contributed by atoms with Crippen LogP contribution in [-0.2, 0) is 13.0 Å². The number of aryl methyl sites for hydroxylation is 1. The van der Waals surface area contributed by atoms with Crippen LogP contribution in [0.2, 0.25) is 5.02 Å². The predicted octanol–water partition coefficient (Wildman–Crippen LogP) is 3.62. The van der Waals surface area contributed by atoms with Gasteiger partial charge in [-0.2, -0.15) is 0 Å². The van der Waals surface area contributed by atoms with E-state index < -0.39 is 6.10 Å². The normalized spacial score (nSPS) is 20.8. The molecule has 1 aliphatic carbocycles. The fraction of sp³-hybridized carbons (Fsp3) is 0.526. The first kappa shape index (κ1) is 18.2. The lowest BCUT2D eigenvalue weighted by atomic mass is 10.0. The number of anilines is 2. The fourth-order valence-corrected chi connectivity index (χ4v) is 5.05. The Morgan fingerprint density at radius 1 is 1.38 bits per heavy atom. The van der Waals surface area contributed by atoms with Gasteiger partial charge in [0, 0.05) is 48.3 Å². The van der Waals surface area contributed by atoms with Crippen LogP contribution in [-0.4, -0.2) is 41.2 Å². The summed E-state index contributed by atoms with van der Waals surface area (Å²) in [6.07, 6.45) is 2.44. The molecule has 0 bridgehead atoms. The van der Waals surface area contributed by atoms with Crippen LogP contribution in [0, 0.1) is 6.92 Å². The Labute approximate surface area is 163 Å². The van der Waals surface area contributed by atoms with Gasteiger partial charge in [-0.15, -0.1) is 11.3 Å². The number of thiazole rings is 1. The fourth-order valence-electron chi connectivity index (χ4n) is 3.71. The summed E-state index contributed by atoms with van der Waals surface area (Å²) < 4.78 is 0. The number of nitrogens with one attached hydrogen (secondary N) is 2. The molecule has 2 aliphatic rings. The van der Waals surface area contributed by atoms with E-state index in [1.807, 2.05) is 12.1 Å². The predicted molar refractivity (Wildman–Crippen MR) is 108 cm³/mol. The highest BCUT2D eigenvalue weighted by Gasteiger charge is 2.23. The van der Waals surface area contributed by atoms with Gasteiger partial charge in [-0.25, -0.2) is 4.98 Å². The first-order valence-corrected chi connectivity index (χ1v) is 10.5. The maximum absolute atomic E-state index is 10.1. The lowest BCUT2D eigenvalue weighted by molar-refractivity contribution is 0.153. The van der Waals surface area contributed by atoms with Crippen LogP contribution in [0.5, 0.6) is 0 Å². The van der Waals surface area contributed by atoms with Crippen molar-refractivity contribution in [2.45, 2.75) is 38.8 Å². The zero-order valence-electron chi connectivity index (χ0n) is 15.0. The highest BCUT2D eigenvalue weighted by atomic mass is 35.5. The Balaban J connectivity index is 1.56. The molecule has 0 spiro atoms. The molecule has 2 heterocycles. The molecule has 1 unspecified atom stereocenters. The van der Waals surface area contributed by atoms with E-state index in [0.717, 1.165) is 73.5 Å². The Morgan fingerprint density at radius 2 is 2.19 bits per heavy atom. The van der Waals surface area contributed by atoms with Gasteiger partial charge in [-0.1, -0.05) is 11.6 Å². The third-order valence-electron chi connectivity index (χ3n) is 5.30. The van der Waals surface area contributed by atoms with Gasteiger partial charge in [0.15, 0.2) is 5.13 Å². The van der Waals surface area contributed by atoms with E-state index >= 15 is 0 Å². The van der Waals surface area contributed by atoms with E-state index in [1.165, 1.54) is 16.0 Å². The molecule has 26 heavy (non-hydrogen) atoms. The molecule has 140 valence electrons. The number of benzene rings is 1. The summed E-state index contributed by atoms with van der Waals surface area (Å²) >= 11 is 8.16. The second-order valence-corrected chi connectivity index (χ2v) is 8.58. The second kappa shape index (κ2) is 7.82. The van der Waals surface area contributed by atoms with Gasteiger partial charge in [-0.3, -0.25) is 4.90 Å². The molecule has 4 rings (SSSR count). The molecular weight excluding hydrogens is 368 g/mol. The van der Waals surface area contributed by atoms with E-state index in [9.17, 15) is 5.11 Å². The molecule has 7 heteroatoms. The van der Waals surface area contributed by atoms with Crippen LogP contribution in [0.4, 0.5) is 10.8 Å². The average molecular weight is 393 g/mol. The molecule has 3 N–H and O–H groups in total. The van der Waals surface area contributed by atoms with Crippen molar-refractivity contribution < 1.29 is 5.11 Å². The molecule has 1 aliphatic heterocycles. The van der Waals surface area contributed by atoms with E-state index in [0.29, 0.717) is 0 Å². The van der Waals surface area contributed by atoms with Gasteiger partial charge in [-0.05, 0) is 49.4 Å². The largest absolute Gasteiger partial charge is 0.387 e. The maximum Gasteiger partial charge on any atom is 0.187 e. The molecule has 0 radical (unpaired) electrons. The van der Waals surface area contributed by atoms with Gasteiger partial charge in [0.05, 0.1) is 11.8 Å². The summed E-state index contributed by atoms with van der Waals surface area (Å²) in [5.41, 5.74) is 4.25. The number of aliphatic hydroxyl groups is 1. The van der Waals surface area contributed by atoms with Crippen molar-refractivity contribution in [2.24, 2.45) is 0 Å². The number of hydrogen-bond donors (Lipinski definition) is 3. The Hall–Kier alpha value is -1.18. The molecule has 2 aromatic rings. The van der Waals surface area contributed by atoms with E-state index in [2.05, 4.69) is 27.4 Å². The molecule has 1 atom stereocenters. The van der Waals surface area contributed by atoms with Gasteiger partial charge in [0.25, 0.3) is 0 Å². The van der Waals surface area contributed by atoms with Gasteiger partial charge >= 0.3 is 0 Å². The van der Waals surface area contributed by atoms with E-state index in [1.54, 1.807) is 11.3 Å². The van der Waals surface area contributed by atoms with Crippen molar-refractivity contribution in [3.8, 4) is 0 Å². The van der Waals surface area contributed by atoms with Crippen LogP contribution in [0.15, 0.2) is 12.1 Å². The smallest absolute Gasteiger partial charge is 0.187 e. The van der Waals surface area contributed by atoms with Crippen molar-refractivity contribution in [1.29, 1.82) is 0 Å². The quantitative estimate of drug-likeness (QED) is 0.741. The first-order valence-electron chi connectivity index (χ1n) is 9.27. The highest BCUT2D eigenvalue weighted by molar-refractivity contribution is 7.15. The number of aromatic nitrogens is 1. The summed E-state index contributed by atoms with van der Waals surface area (Å²) in [5.74, 6) is 0. The summed E-state index contributed by atoms with van der Waals surface area (Å²) in [7, 11) is 0. The summed E-state index contributed by atoms with van der Waals surface area (Å²) in [6, 6.07) is 3.99. The van der Waals surface area contributed by atoms with Crippen LogP contribution >= 0.6 is 22.9 Å². The number of fused-ring (bicyclic) bond motifs is 1. The zero-order valence-corrected chi connectivity index (χ0v) is 16.6. The third-order valence-corrected chi connectivity index (χ3v) is 6.70. The molecule has 0 amide bonds. The number of halogens is 1. The van der Waals surface area contributed by atoms with Crippen LogP contribution < -0.4 is 10.6 Å². The average Bonchev–Trinajstić information content (AvgIpc) is 3.06. The maximum atomic E-state index is 10.1. The van der Waals surface area contributed by atoms with E-state index in [4.69, 9.17) is 11.6 Å². The number of aliphatic hydroxyl groups excluding tert-OH is 1. The topological polar surface area (TPSA) is 60.4 Å². The molecule has 0 saturated carbocycles. The van der Waals surface area contributed by atoms with Crippen LogP contribution in [0.1, 0.15) is 40.6 Å². The van der Waals surface area contributed by atoms with Crippen molar-refractivity contribution >= 4 is 33.8 Å². The number of rotatable bonds is 4. The first-order chi connectivity index (χ1) is 12.6. The molecule has 1 aromatic heterocycles. The molecule has 5 nitrogen and oxygen atoms in total. The number of nitrogens with zero attached hydrogens (tertiary/aromatic N) is 2.